The molecule has 1 unspecified atom stereocenters. The number of ether oxygens (including phenoxy) is 1. The van der Waals surface area contributed by atoms with E-state index in [0.29, 0.717) is 62.6 Å². The zero-order valence-corrected chi connectivity index (χ0v) is 34.2. The van der Waals surface area contributed by atoms with E-state index in [4.69, 9.17) is 15.9 Å². The van der Waals surface area contributed by atoms with E-state index in [2.05, 4.69) is 41.0 Å². The predicted octanol–water partition coefficient (Wildman–Crippen LogP) is 5.44. The maximum Gasteiger partial charge on any atom is 0.247 e. The van der Waals surface area contributed by atoms with E-state index in [1.54, 1.807) is 25.2 Å². The minimum atomic E-state index is -1.63. The minimum Gasteiger partial charge on any atom is -0.485 e. The van der Waals surface area contributed by atoms with Crippen molar-refractivity contribution < 1.29 is 27.3 Å². The number of carbonyl (C=O) groups is 2. The van der Waals surface area contributed by atoms with Gasteiger partial charge in [0.15, 0.2) is 17.4 Å². The quantitative estimate of drug-likeness (QED) is 0.0480. The number of nitrogens with one attached hydrogen (secondary N) is 4. The number of aryl methyl sites for hydroxylation is 1. The number of rotatable bonds is 16. The van der Waals surface area contributed by atoms with Gasteiger partial charge in [0.05, 0.1) is 22.6 Å². The summed E-state index contributed by atoms with van der Waals surface area (Å²) in [4.78, 5) is 34.9. The summed E-state index contributed by atoms with van der Waals surface area (Å²) in [5.41, 5.74) is 8.81. The van der Waals surface area contributed by atoms with E-state index in [-0.39, 0.29) is 59.9 Å². The Hall–Kier alpha value is -6.34. The zero-order chi connectivity index (χ0) is 42.5. The molecule has 1 aliphatic carbocycles. The molecule has 2 aromatic carbocycles. The number of anilines is 3. The summed E-state index contributed by atoms with van der Waals surface area (Å²) in [6.45, 7) is 6.05. The summed E-state index contributed by atoms with van der Waals surface area (Å²) in [6, 6.07) is 7.92. The molecule has 1 atom stereocenters. The molecule has 19 heteroatoms. The number of nitrogens with two attached hydrogens (primary N) is 1. The highest BCUT2D eigenvalue weighted by molar-refractivity contribution is 7.89. The van der Waals surface area contributed by atoms with Gasteiger partial charge in [-0.3, -0.25) is 19.2 Å². The van der Waals surface area contributed by atoms with E-state index < -0.39 is 16.6 Å². The van der Waals surface area contributed by atoms with Crippen molar-refractivity contribution >= 4 is 68.9 Å². The smallest absolute Gasteiger partial charge is 0.247 e. The Morgan fingerprint density at radius 3 is 2.68 bits per heavy atom. The lowest BCUT2D eigenvalue weighted by molar-refractivity contribution is -0.116. The molecule has 3 aromatic heterocycles. The number of hydrogen-bond acceptors (Lipinski definition) is 12. The maximum absolute atomic E-state index is 16.0. The van der Waals surface area contributed by atoms with Crippen molar-refractivity contribution in [1.29, 1.82) is 5.41 Å². The fourth-order valence-corrected chi connectivity index (χ4v) is 8.68. The molecule has 314 valence electrons. The van der Waals surface area contributed by atoms with Crippen LogP contribution in [0.1, 0.15) is 63.1 Å². The summed E-state index contributed by atoms with van der Waals surface area (Å²) in [7, 11) is 0.0178. The molecule has 0 radical (unpaired) electrons. The molecule has 0 bridgehead atoms. The van der Waals surface area contributed by atoms with Gasteiger partial charge in [-0.25, -0.2) is 18.0 Å². The Kier molecular flexibility index (Phi) is 12.7. The van der Waals surface area contributed by atoms with Crippen molar-refractivity contribution in [3.63, 3.8) is 0 Å². The van der Waals surface area contributed by atoms with Crippen LogP contribution in [0.3, 0.4) is 0 Å². The number of likely N-dealkylation sites (tertiary alicyclic amines) is 1. The van der Waals surface area contributed by atoms with Gasteiger partial charge in [-0.05, 0) is 94.4 Å². The second kappa shape index (κ2) is 18.3. The molecule has 2 amide bonds. The standard InChI is InChI=1S/C41H46F2N12O4S/c1-24(2)59-38-36(27(19-44)20-45)47-22-55-40(38)50-41(52-55)48-33-10-7-29(18-32(33)42)60(58)28-6-4-5-25(17-28)21-54-15-12-26(13-16-54)30-8-9-31-37(35(30)43)53(3)51-39(31)49-34(57)11-14-46-23-56/h6-10,17-20,22-24,26,44H,4-5,11-16,21,45H2,1-3H3,(H,46,56)(H,48,52)(H,49,51,57)/b27-20+,44-19?. The molecule has 1 saturated heterocycles. The molecule has 2 aliphatic rings. The highest BCUT2D eigenvalue weighted by atomic mass is 32.2. The second-order valence-corrected chi connectivity index (χ2v) is 16.3. The Labute approximate surface area is 346 Å². The van der Waals surface area contributed by atoms with Gasteiger partial charge in [-0.2, -0.15) is 14.6 Å². The average Bonchev–Trinajstić information content (AvgIpc) is 3.80. The van der Waals surface area contributed by atoms with Crippen molar-refractivity contribution in [3.05, 3.63) is 88.4 Å². The molecule has 60 heavy (non-hydrogen) atoms. The van der Waals surface area contributed by atoms with E-state index in [1.165, 1.54) is 33.9 Å². The zero-order valence-electron chi connectivity index (χ0n) is 33.4. The molecule has 5 aromatic rings. The molecule has 7 rings (SSSR count). The monoisotopic (exact) mass is 840 g/mol. The second-order valence-electron chi connectivity index (χ2n) is 14.8. The van der Waals surface area contributed by atoms with Crippen molar-refractivity contribution in [2.45, 2.75) is 62.9 Å². The summed E-state index contributed by atoms with van der Waals surface area (Å²) >= 11 is 0. The van der Waals surface area contributed by atoms with Crippen LogP contribution in [0.2, 0.25) is 0 Å². The summed E-state index contributed by atoms with van der Waals surface area (Å²) in [5, 5.41) is 25.0. The van der Waals surface area contributed by atoms with Crippen LogP contribution < -0.4 is 26.4 Å². The van der Waals surface area contributed by atoms with E-state index >= 15 is 8.78 Å². The molecule has 0 saturated carbocycles. The normalized spacial score (nSPS) is 15.8. The minimum absolute atomic E-state index is 0.00761. The molecular formula is C41H46F2N12O4S. The van der Waals surface area contributed by atoms with Crippen LogP contribution in [-0.2, 0) is 27.4 Å². The van der Waals surface area contributed by atoms with E-state index in [9.17, 15) is 13.8 Å². The van der Waals surface area contributed by atoms with Gasteiger partial charge >= 0.3 is 0 Å². The number of aromatic nitrogens is 6. The largest absolute Gasteiger partial charge is 0.485 e. The number of hydrogen-bond donors (Lipinski definition) is 5. The first-order valence-corrected chi connectivity index (χ1v) is 20.7. The number of carbonyl (C=O) groups excluding carboxylic acids is 2. The van der Waals surface area contributed by atoms with Crippen LogP contribution in [0, 0.1) is 17.0 Å². The van der Waals surface area contributed by atoms with Gasteiger partial charge in [0, 0.05) is 59.7 Å². The Bertz CT molecular complexity index is 2580. The maximum atomic E-state index is 16.0. The van der Waals surface area contributed by atoms with Crippen LogP contribution >= 0.6 is 0 Å². The van der Waals surface area contributed by atoms with Crippen molar-refractivity contribution in [2.75, 3.05) is 36.8 Å². The third kappa shape index (κ3) is 8.96. The lowest BCUT2D eigenvalue weighted by Crippen LogP contribution is -2.34. The average molecular weight is 841 g/mol. The third-order valence-corrected chi connectivity index (χ3v) is 11.7. The first kappa shape index (κ1) is 41.8. The van der Waals surface area contributed by atoms with Crippen molar-refractivity contribution in [3.8, 4) is 5.75 Å². The summed E-state index contributed by atoms with van der Waals surface area (Å²) in [5.74, 6) is -0.683. The highest BCUT2D eigenvalue weighted by Crippen LogP contribution is 2.36. The molecular weight excluding hydrogens is 795 g/mol. The number of allylic oxidation sites excluding steroid dienone is 3. The fraction of sp³-hybridized carbons (Fsp3) is 0.341. The van der Waals surface area contributed by atoms with E-state index in [0.717, 1.165) is 44.1 Å². The molecule has 6 N–H and O–H groups in total. The van der Waals surface area contributed by atoms with Gasteiger partial charge in [-0.1, -0.05) is 17.7 Å². The molecule has 4 heterocycles. The van der Waals surface area contributed by atoms with Crippen LogP contribution in [0.4, 0.5) is 26.2 Å². The molecule has 0 spiro atoms. The molecule has 1 fully saturated rings. The first-order chi connectivity index (χ1) is 29.0. The Morgan fingerprint density at radius 1 is 1.17 bits per heavy atom. The molecule has 1 aliphatic heterocycles. The predicted molar refractivity (Wildman–Crippen MR) is 225 cm³/mol. The molecule has 16 nitrogen and oxygen atoms in total. The SMILES string of the molecule is CC(C)Oc1c(/C(C=N)=C/N)ncn2nc(Nc3ccc(S(=O)C4=CCCC(CN5CCC(c6ccc7c(NC(=O)CCNC=O)nn(C)c7c6F)CC5)=C4)cc3F)nc12. The van der Waals surface area contributed by atoms with Crippen LogP contribution in [0.25, 0.3) is 22.1 Å². The number of halogens is 2. The number of fused-ring (bicyclic) bond motifs is 2. The summed E-state index contributed by atoms with van der Waals surface area (Å²) in [6.07, 6.45) is 11.0. The first-order valence-electron chi connectivity index (χ1n) is 19.5. The van der Waals surface area contributed by atoms with Crippen LogP contribution in [0.5, 0.6) is 5.75 Å². The third-order valence-electron chi connectivity index (χ3n) is 10.3. The van der Waals surface area contributed by atoms with Crippen LogP contribution in [0.15, 0.2) is 70.4 Å². The van der Waals surface area contributed by atoms with Gasteiger partial charge in [0.25, 0.3) is 0 Å². The topological polar surface area (TPSA) is 211 Å². The van der Waals surface area contributed by atoms with Crippen molar-refractivity contribution in [1.82, 2.24) is 39.6 Å². The lowest BCUT2D eigenvalue weighted by atomic mass is 9.88. The highest BCUT2D eigenvalue weighted by Gasteiger charge is 2.27. The lowest BCUT2D eigenvalue weighted by Gasteiger charge is -2.33. The number of piperidine rings is 1. The van der Waals surface area contributed by atoms with Gasteiger partial charge < -0.3 is 31.8 Å². The Balaban J connectivity index is 0.974. The van der Waals surface area contributed by atoms with Crippen LogP contribution in [-0.4, -0.2) is 89.3 Å². The van der Waals surface area contributed by atoms with Gasteiger partial charge in [0.2, 0.25) is 23.9 Å². The Morgan fingerprint density at radius 2 is 1.97 bits per heavy atom. The van der Waals surface area contributed by atoms with Gasteiger partial charge in [-0.15, -0.1) is 5.10 Å². The van der Waals surface area contributed by atoms with Gasteiger partial charge in [0.1, 0.15) is 23.4 Å². The number of nitrogens with zero attached hydrogens (tertiary/aromatic N) is 7. The number of benzene rings is 2. The van der Waals surface area contributed by atoms with E-state index in [1.807, 2.05) is 26.0 Å². The number of amides is 2. The fourth-order valence-electron chi connectivity index (χ4n) is 7.47. The van der Waals surface area contributed by atoms with Crippen molar-refractivity contribution in [2.24, 2.45) is 12.8 Å². The summed E-state index contributed by atoms with van der Waals surface area (Å²) < 4.78 is 54.1.